The van der Waals surface area contributed by atoms with Crippen LogP contribution in [0.2, 0.25) is 0 Å². The Morgan fingerprint density at radius 1 is 1.22 bits per heavy atom. The molecule has 0 fully saturated rings. The first-order valence-electron chi connectivity index (χ1n) is 7.05. The minimum Gasteiger partial charge on any atom is -0.481 e. The van der Waals surface area contributed by atoms with E-state index in [9.17, 15) is 4.79 Å². The summed E-state index contributed by atoms with van der Waals surface area (Å²) >= 11 is 1.77. The topological polar surface area (TPSA) is 37.3 Å². The van der Waals surface area contributed by atoms with E-state index in [1.807, 2.05) is 0 Å². The smallest absolute Gasteiger partial charge is 0.304 e. The van der Waals surface area contributed by atoms with Crippen molar-refractivity contribution in [3.05, 3.63) is 0 Å². The number of rotatable bonds is 10. The first kappa shape index (κ1) is 17.8. The van der Waals surface area contributed by atoms with Crippen molar-refractivity contribution in [2.45, 2.75) is 60.3 Å². The highest BCUT2D eigenvalue weighted by molar-refractivity contribution is 7.99. The SMILES string of the molecule is CC(C)CC(C)C(C)(C)CCCSCCC(=O)O. The van der Waals surface area contributed by atoms with E-state index in [1.165, 1.54) is 19.3 Å². The Labute approximate surface area is 117 Å². The molecule has 0 heterocycles. The van der Waals surface area contributed by atoms with Crippen molar-refractivity contribution < 1.29 is 9.90 Å². The molecule has 0 rings (SSSR count). The summed E-state index contributed by atoms with van der Waals surface area (Å²) in [6, 6.07) is 0. The Morgan fingerprint density at radius 3 is 2.33 bits per heavy atom. The third kappa shape index (κ3) is 8.84. The van der Waals surface area contributed by atoms with Gasteiger partial charge in [-0.05, 0) is 42.3 Å². The number of carboxylic acids is 1. The highest BCUT2D eigenvalue weighted by Crippen LogP contribution is 2.36. The van der Waals surface area contributed by atoms with Crippen LogP contribution >= 0.6 is 11.8 Å². The lowest BCUT2D eigenvalue weighted by Gasteiger charge is -2.33. The van der Waals surface area contributed by atoms with Crippen LogP contribution < -0.4 is 0 Å². The molecule has 1 atom stereocenters. The fourth-order valence-electron chi connectivity index (χ4n) is 2.16. The molecule has 0 bridgehead atoms. The fourth-order valence-corrected chi connectivity index (χ4v) is 3.04. The van der Waals surface area contributed by atoms with E-state index >= 15 is 0 Å². The third-order valence-corrected chi connectivity index (χ3v) is 4.80. The highest BCUT2D eigenvalue weighted by Gasteiger charge is 2.25. The summed E-state index contributed by atoms with van der Waals surface area (Å²) in [4.78, 5) is 10.4. The van der Waals surface area contributed by atoms with Gasteiger partial charge in [0.1, 0.15) is 0 Å². The molecule has 0 aromatic heterocycles. The molecule has 0 amide bonds. The summed E-state index contributed by atoms with van der Waals surface area (Å²) in [5, 5.41) is 8.54. The van der Waals surface area contributed by atoms with E-state index in [1.54, 1.807) is 11.8 Å². The quantitative estimate of drug-likeness (QED) is 0.588. The number of carboxylic acid groups (broad SMARTS) is 1. The van der Waals surface area contributed by atoms with E-state index in [4.69, 9.17) is 5.11 Å². The lowest BCUT2D eigenvalue weighted by atomic mass is 9.73. The minimum atomic E-state index is -0.687. The summed E-state index contributed by atoms with van der Waals surface area (Å²) in [5.74, 6) is 2.67. The molecule has 0 spiro atoms. The van der Waals surface area contributed by atoms with Gasteiger partial charge in [0.05, 0.1) is 6.42 Å². The van der Waals surface area contributed by atoms with Gasteiger partial charge in [-0.25, -0.2) is 0 Å². The van der Waals surface area contributed by atoms with Crippen molar-refractivity contribution in [2.24, 2.45) is 17.3 Å². The first-order valence-corrected chi connectivity index (χ1v) is 8.20. The zero-order valence-corrected chi connectivity index (χ0v) is 13.5. The molecule has 1 N–H and O–H groups in total. The van der Waals surface area contributed by atoms with Crippen molar-refractivity contribution in [3.63, 3.8) is 0 Å². The Bertz CT molecular complexity index is 237. The molecule has 0 aliphatic heterocycles. The summed E-state index contributed by atoms with van der Waals surface area (Å²) in [6.45, 7) is 11.7. The molecule has 0 radical (unpaired) electrons. The molecule has 0 aromatic carbocycles. The maximum absolute atomic E-state index is 10.4. The molecule has 0 saturated heterocycles. The highest BCUT2D eigenvalue weighted by atomic mass is 32.2. The average Bonchev–Trinajstić information content (AvgIpc) is 2.21. The van der Waals surface area contributed by atoms with Gasteiger partial charge in [0.15, 0.2) is 0 Å². The van der Waals surface area contributed by atoms with Crippen LogP contribution in [-0.2, 0) is 4.79 Å². The Balaban J connectivity index is 3.72. The van der Waals surface area contributed by atoms with Crippen molar-refractivity contribution in [3.8, 4) is 0 Å². The summed E-state index contributed by atoms with van der Waals surface area (Å²) in [6.07, 6.45) is 4.01. The van der Waals surface area contributed by atoms with Crippen LogP contribution in [0, 0.1) is 17.3 Å². The molecule has 0 aliphatic rings. The van der Waals surface area contributed by atoms with Crippen LogP contribution in [0.5, 0.6) is 0 Å². The van der Waals surface area contributed by atoms with Gasteiger partial charge in [-0.1, -0.05) is 34.6 Å². The molecule has 0 aliphatic carbocycles. The Kier molecular flexibility index (Phi) is 8.75. The van der Waals surface area contributed by atoms with E-state index < -0.39 is 5.97 Å². The van der Waals surface area contributed by atoms with Crippen LogP contribution in [0.3, 0.4) is 0 Å². The largest absolute Gasteiger partial charge is 0.481 e. The van der Waals surface area contributed by atoms with Crippen LogP contribution in [-0.4, -0.2) is 22.6 Å². The summed E-state index contributed by atoms with van der Waals surface area (Å²) in [7, 11) is 0. The van der Waals surface area contributed by atoms with Gasteiger partial charge in [-0.15, -0.1) is 0 Å². The van der Waals surface area contributed by atoms with Gasteiger partial charge in [0, 0.05) is 5.75 Å². The molecule has 0 aromatic rings. The lowest BCUT2D eigenvalue weighted by Crippen LogP contribution is -2.23. The van der Waals surface area contributed by atoms with Gasteiger partial charge in [-0.2, -0.15) is 11.8 Å². The average molecular weight is 274 g/mol. The maximum Gasteiger partial charge on any atom is 0.304 e. The van der Waals surface area contributed by atoms with Crippen molar-refractivity contribution in [2.75, 3.05) is 11.5 Å². The molecule has 3 heteroatoms. The maximum atomic E-state index is 10.4. The van der Waals surface area contributed by atoms with Crippen molar-refractivity contribution >= 4 is 17.7 Å². The van der Waals surface area contributed by atoms with Crippen molar-refractivity contribution in [1.29, 1.82) is 0 Å². The van der Waals surface area contributed by atoms with Crippen LogP contribution in [0.1, 0.15) is 60.3 Å². The Morgan fingerprint density at radius 2 is 1.83 bits per heavy atom. The van der Waals surface area contributed by atoms with E-state index in [2.05, 4.69) is 34.6 Å². The second-order valence-corrected chi connectivity index (χ2v) is 7.60. The Hall–Kier alpha value is -0.180. The van der Waals surface area contributed by atoms with Crippen LogP contribution in [0.25, 0.3) is 0 Å². The molecular weight excluding hydrogens is 244 g/mol. The minimum absolute atomic E-state index is 0.289. The third-order valence-electron chi connectivity index (χ3n) is 3.73. The monoisotopic (exact) mass is 274 g/mol. The zero-order chi connectivity index (χ0) is 14.2. The molecule has 18 heavy (non-hydrogen) atoms. The predicted molar refractivity (Wildman–Crippen MR) is 81.2 cm³/mol. The van der Waals surface area contributed by atoms with Crippen LogP contribution in [0.15, 0.2) is 0 Å². The van der Waals surface area contributed by atoms with Gasteiger partial charge in [0.2, 0.25) is 0 Å². The number of thioether (sulfide) groups is 1. The predicted octanol–water partition coefficient (Wildman–Crippen LogP) is 4.68. The normalized spacial score (nSPS) is 13.9. The van der Waals surface area contributed by atoms with E-state index in [0.29, 0.717) is 5.41 Å². The van der Waals surface area contributed by atoms with Gasteiger partial charge < -0.3 is 5.11 Å². The van der Waals surface area contributed by atoms with Gasteiger partial charge in [-0.3, -0.25) is 4.79 Å². The first-order chi connectivity index (χ1) is 8.25. The molecule has 0 saturated carbocycles. The standard InChI is InChI=1S/C15H30O2S/c1-12(2)11-13(3)15(4,5)8-6-9-18-10-7-14(16)17/h12-13H,6-11H2,1-5H3,(H,16,17). The number of hydrogen-bond acceptors (Lipinski definition) is 2. The van der Waals surface area contributed by atoms with Crippen molar-refractivity contribution in [1.82, 2.24) is 0 Å². The molecule has 1 unspecified atom stereocenters. The van der Waals surface area contributed by atoms with Crippen LogP contribution in [0.4, 0.5) is 0 Å². The van der Waals surface area contributed by atoms with Gasteiger partial charge in [0.25, 0.3) is 0 Å². The lowest BCUT2D eigenvalue weighted by molar-refractivity contribution is -0.136. The molecule has 2 nitrogen and oxygen atoms in total. The summed E-state index contributed by atoms with van der Waals surface area (Å²) in [5.41, 5.74) is 0.400. The fraction of sp³-hybridized carbons (Fsp3) is 0.933. The second kappa shape index (κ2) is 8.84. The molecular formula is C15H30O2S. The zero-order valence-electron chi connectivity index (χ0n) is 12.7. The second-order valence-electron chi connectivity index (χ2n) is 6.38. The van der Waals surface area contributed by atoms with E-state index in [-0.39, 0.29) is 6.42 Å². The van der Waals surface area contributed by atoms with E-state index in [0.717, 1.165) is 23.3 Å². The van der Waals surface area contributed by atoms with Gasteiger partial charge >= 0.3 is 5.97 Å². The number of hydrogen-bond donors (Lipinski definition) is 1. The number of carbonyl (C=O) groups is 1. The number of aliphatic carboxylic acids is 1. The summed E-state index contributed by atoms with van der Waals surface area (Å²) < 4.78 is 0. The molecule has 108 valence electrons.